The molecule has 1 aliphatic heterocycles. The summed E-state index contributed by atoms with van der Waals surface area (Å²) in [5.74, 6) is 0.117. The Morgan fingerprint density at radius 3 is 2.55 bits per heavy atom. The molecule has 0 aliphatic carbocycles. The summed E-state index contributed by atoms with van der Waals surface area (Å²) in [4.78, 5) is 11.8. The van der Waals surface area contributed by atoms with Gasteiger partial charge in [-0.05, 0) is 48.9 Å². The molecule has 8 heteroatoms. The van der Waals surface area contributed by atoms with Crippen molar-refractivity contribution in [1.29, 1.82) is 5.26 Å². The second-order valence-corrected chi connectivity index (χ2v) is 6.81. The van der Waals surface area contributed by atoms with Crippen LogP contribution in [0.25, 0.3) is 11.3 Å². The van der Waals surface area contributed by atoms with Crippen LogP contribution in [0.5, 0.6) is 11.6 Å². The molecular formula is C23H20N4O4. The number of rotatable bonds is 5. The number of fused-ring (bicyclic) bond motifs is 1. The smallest absolute Gasteiger partial charge is 0.337 e. The first kappa shape index (κ1) is 20.0. The number of nitrogens with two attached hydrogens (primary N) is 1. The summed E-state index contributed by atoms with van der Waals surface area (Å²) >= 11 is 0. The molecule has 0 fully saturated rings. The van der Waals surface area contributed by atoms with E-state index < -0.39 is 11.9 Å². The van der Waals surface area contributed by atoms with E-state index >= 15 is 0 Å². The molecular weight excluding hydrogens is 396 g/mol. The first-order valence-corrected chi connectivity index (χ1v) is 9.64. The van der Waals surface area contributed by atoms with Gasteiger partial charge in [0.2, 0.25) is 11.8 Å². The molecule has 1 atom stereocenters. The van der Waals surface area contributed by atoms with Crippen molar-refractivity contribution in [2.75, 3.05) is 13.7 Å². The molecule has 3 aromatic rings. The molecule has 4 rings (SSSR count). The predicted molar refractivity (Wildman–Crippen MR) is 112 cm³/mol. The highest BCUT2D eigenvalue weighted by Crippen LogP contribution is 2.45. The summed E-state index contributed by atoms with van der Waals surface area (Å²) < 4.78 is 15.9. The van der Waals surface area contributed by atoms with Crippen molar-refractivity contribution in [2.24, 2.45) is 5.73 Å². The Morgan fingerprint density at radius 1 is 1.23 bits per heavy atom. The lowest BCUT2D eigenvalue weighted by Crippen LogP contribution is -2.21. The Balaban J connectivity index is 1.82. The quantitative estimate of drug-likeness (QED) is 0.610. The molecule has 8 nitrogen and oxygen atoms in total. The highest BCUT2D eigenvalue weighted by atomic mass is 16.5. The summed E-state index contributed by atoms with van der Waals surface area (Å²) in [6, 6.07) is 16.5. The first-order chi connectivity index (χ1) is 15.1. The van der Waals surface area contributed by atoms with E-state index in [9.17, 15) is 10.1 Å². The Hall–Kier alpha value is -4.25. The predicted octanol–water partition coefficient (Wildman–Crippen LogP) is 3.48. The summed E-state index contributed by atoms with van der Waals surface area (Å²) in [7, 11) is 1.33. The second-order valence-electron chi connectivity index (χ2n) is 6.81. The van der Waals surface area contributed by atoms with Crippen molar-refractivity contribution >= 4 is 5.97 Å². The topological polar surface area (TPSA) is 123 Å². The maximum absolute atomic E-state index is 11.8. The number of esters is 1. The summed E-state index contributed by atoms with van der Waals surface area (Å²) in [6.07, 6.45) is 0. The van der Waals surface area contributed by atoms with Gasteiger partial charge in [-0.1, -0.05) is 12.1 Å². The largest absolute Gasteiger partial charge is 0.494 e. The van der Waals surface area contributed by atoms with Crippen LogP contribution < -0.4 is 15.2 Å². The van der Waals surface area contributed by atoms with Gasteiger partial charge in [-0.3, -0.25) is 5.10 Å². The van der Waals surface area contributed by atoms with Gasteiger partial charge in [0, 0.05) is 5.56 Å². The molecule has 2 heterocycles. The Morgan fingerprint density at radius 2 is 1.94 bits per heavy atom. The van der Waals surface area contributed by atoms with Crippen LogP contribution >= 0.6 is 0 Å². The third-order valence-corrected chi connectivity index (χ3v) is 5.06. The molecule has 0 saturated carbocycles. The van der Waals surface area contributed by atoms with Crippen LogP contribution in [0.3, 0.4) is 0 Å². The number of aromatic nitrogens is 2. The van der Waals surface area contributed by atoms with Gasteiger partial charge in [-0.2, -0.15) is 5.26 Å². The minimum absolute atomic E-state index is 0.00166. The third-order valence-electron chi connectivity index (χ3n) is 5.06. The number of benzene rings is 2. The van der Waals surface area contributed by atoms with E-state index in [-0.39, 0.29) is 11.5 Å². The molecule has 1 unspecified atom stereocenters. The van der Waals surface area contributed by atoms with Crippen molar-refractivity contribution in [3.05, 3.63) is 76.7 Å². The maximum Gasteiger partial charge on any atom is 0.337 e. The van der Waals surface area contributed by atoms with Gasteiger partial charge in [0.15, 0.2) is 0 Å². The van der Waals surface area contributed by atoms with Crippen LogP contribution in [0.1, 0.15) is 34.3 Å². The number of methoxy groups -OCH3 is 1. The van der Waals surface area contributed by atoms with Gasteiger partial charge in [0.05, 0.1) is 36.5 Å². The highest BCUT2D eigenvalue weighted by molar-refractivity contribution is 5.89. The van der Waals surface area contributed by atoms with E-state index in [2.05, 4.69) is 16.3 Å². The third kappa shape index (κ3) is 3.57. The van der Waals surface area contributed by atoms with E-state index in [1.165, 1.54) is 7.11 Å². The van der Waals surface area contributed by atoms with Crippen LogP contribution in [-0.2, 0) is 4.74 Å². The number of nitriles is 1. The number of nitrogens with zero attached hydrogens (tertiary/aromatic N) is 2. The standard InChI is InChI=1S/C23H20N4O4/c1-3-30-16-10-8-14(9-11-16)20-19-18(13-4-6-15(7-5-13)23(28)29-2)17(12-24)21(25)31-22(19)27-26-20/h4-11,18H,3,25H2,1-2H3,(H,26,27). The zero-order valence-electron chi connectivity index (χ0n) is 17.0. The monoisotopic (exact) mass is 416 g/mol. The van der Waals surface area contributed by atoms with Crippen LogP contribution in [-0.4, -0.2) is 29.9 Å². The normalized spacial score (nSPS) is 14.9. The lowest BCUT2D eigenvalue weighted by atomic mass is 9.83. The average molecular weight is 416 g/mol. The van der Waals surface area contributed by atoms with Crippen molar-refractivity contribution in [1.82, 2.24) is 10.2 Å². The molecule has 0 radical (unpaired) electrons. The zero-order chi connectivity index (χ0) is 22.0. The van der Waals surface area contributed by atoms with Gasteiger partial charge >= 0.3 is 5.97 Å². The van der Waals surface area contributed by atoms with E-state index in [1.807, 2.05) is 31.2 Å². The van der Waals surface area contributed by atoms with Crippen molar-refractivity contribution in [3.63, 3.8) is 0 Å². The molecule has 3 N–H and O–H groups in total. The van der Waals surface area contributed by atoms with Crippen LogP contribution in [0.15, 0.2) is 60.0 Å². The number of carbonyl (C=O) groups excluding carboxylic acids is 1. The molecule has 31 heavy (non-hydrogen) atoms. The van der Waals surface area contributed by atoms with Crippen molar-refractivity contribution < 1.29 is 19.0 Å². The van der Waals surface area contributed by atoms with Gasteiger partial charge in [-0.15, -0.1) is 5.10 Å². The van der Waals surface area contributed by atoms with E-state index in [0.717, 1.165) is 16.9 Å². The minimum atomic E-state index is -0.513. The molecule has 2 aromatic carbocycles. The van der Waals surface area contributed by atoms with Gasteiger partial charge in [0.25, 0.3) is 0 Å². The first-order valence-electron chi connectivity index (χ1n) is 9.64. The average Bonchev–Trinajstić information content (AvgIpc) is 3.21. The number of hydrogen-bond acceptors (Lipinski definition) is 7. The van der Waals surface area contributed by atoms with E-state index in [1.54, 1.807) is 24.3 Å². The number of aromatic amines is 1. The van der Waals surface area contributed by atoms with Crippen LogP contribution in [0.4, 0.5) is 0 Å². The zero-order valence-corrected chi connectivity index (χ0v) is 17.0. The maximum atomic E-state index is 11.8. The molecule has 1 aromatic heterocycles. The summed E-state index contributed by atoms with van der Waals surface area (Å²) in [5, 5.41) is 17.1. The van der Waals surface area contributed by atoms with Gasteiger partial charge in [-0.25, -0.2) is 4.79 Å². The van der Waals surface area contributed by atoms with Gasteiger partial charge in [0.1, 0.15) is 17.4 Å². The SMILES string of the molecule is CCOc1ccc(-c2[nH]nc3c2C(c2ccc(C(=O)OC)cc2)C(C#N)=C(N)O3)cc1. The fourth-order valence-electron chi connectivity index (χ4n) is 3.61. The van der Waals surface area contributed by atoms with Crippen LogP contribution in [0.2, 0.25) is 0 Å². The highest BCUT2D eigenvalue weighted by Gasteiger charge is 2.35. The lowest BCUT2D eigenvalue weighted by molar-refractivity contribution is 0.0600. The molecule has 1 aliphatic rings. The minimum Gasteiger partial charge on any atom is -0.494 e. The number of H-pyrrole nitrogens is 1. The fourth-order valence-corrected chi connectivity index (χ4v) is 3.61. The molecule has 0 spiro atoms. The van der Waals surface area contributed by atoms with Gasteiger partial charge < -0.3 is 19.9 Å². The number of allylic oxidation sites excluding steroid dienone is 1. The van der Waals surface area contributed by atoms with Crippen molar-refractivity contribution in [2.45, 2.75) is 12.8 Å². The molecule has 0 saturated heterocycles. The Kier molecular flexibility index (Phi) is 5.33. The fraction of sp³-hybridized carbons (Fsp3) is 0.174. The number of ether oxygens (including phenoxy) is 3. The summed E-state index contributed by atoms with van der Waals surface area (Å²) in [6.45, 7) is 2.50. The van der Waals surface area contributed by atoms with Crippen LogP contribution in [0, 0.1) is 11.3 Å². The second kappa shape index (κ2) is 8.24. The molecule has 0 amide bonds. The lowest BCUT2D eigenvalue weighted by Gasteiger charge is -2.24. The number of hydrogen-bond donors (Lipinski definition) is 2. The number of nitrogens with one attached hydrogen (secondary N) is 1. The Bertz CT molecular complexity index is 1190. The Labute approximate surface area is 178 Å². The van der Waals surface area contributed by atoms with E-state index in [0.29, 0.717) is 29.3 Å². The van der Waals surface area contributed by atoms with Crippen molar-refractivity contribution in [3.8, 4) is 29.0 Å². The van der Waals surface area contributed by atoms with E-state index in [4.69, 9.17) is 19.9 Å². The molecule has 156 valence electrons. The number of carbonyl (C=O) groups is 1. The molecule has 0 bridgehead atoms. The summed E-state index contributed by atoms with van der Waals surface area (Å²) in [5.41, 5.74) is 9.73.